The largest absolute Gasteiger partial charge is 0.309 e. The first-order chi connectivity index (χ1) is 19.3. The number of hydrogen-bond acceptors (Lipinski definition) is 1. The van der Waals surface area contributed by atoms with Crippen molar-refractivity contribution in [3.05, 3.63) is 133 Å². The number of aromatic nitrogens is 2. The maximum absolute atomic E-state index is 2.41. The molecule has 0 saturated heterocycles. The maximum atomic E-state index is 2.41. The predicted octanol–water partition coefficient (Wildman–Crippen LogP) is 10.5. The number of fused-ring (bicyclic) bond motifs is 9. The molecule has 0 atom stereocenters. The molecule has 0 aliphatic carbocycles. The van der Waals surface area contributed by atoms with E-state index in [1.807, 2.05) is 11.3 Å². The fraction of sp³-hybridized carbons (Fsp3) is 0. The van der Waals surface area contributed by atoms with E-state index >= 15 is 0 Å². The quantitative estimate of drug-likeness (QED) is 0.216. The minimum absolute atomic E-state index is 0. The zero-order chi connectivity index (χ0) is 25.5. The summed E-state index contributed by atoms with van der Waals surface area (Å²) in [5, 5.41) is 7.76. The third-order valence-corrected chi connectivity index (χ3v) is 9.26. The Morgan fingerprint density at radius 3 is 1.05 bits per heavy atom. The van der Waals surface area contributed by atoms with Crippen LogP contribution in [0.15, 0.2) is 133 Å². The highest BCUT2D eigenvalue weighted by Crippen LogP contribution is 2.40. The first kappa shape index (κ1) is 21.1. The summed E-state index contributed by atoms with van der Waals surface area (Å²) in [6, 6.07) is 48.7. The number of benzene rings is 6. The summed E-state index contributed by atoms with van der Waals surface area (Å²) in [6.45, 7) is 0. The minimum Gasteiger partial charge on any atom is -0.309 e. The zero-order valence-corrected chi connectivity index (χ0v) is 21.8. The van der Waals surface area contributed by atoms with E-state index < -0.39 is 0 Å². The third-order valence-electron chi connectivity index (χ3n) is 8.11. The van der Waals surface area contributed by atoms with Crippen molar-refractivity contribution in [1.82, 2.24) is 9.13 Å². The molecule has 0 saturated carbocycles. The molecular formula is C36H24N2S. The van der Waals surface area contributed by atoms with Gasteiger partial charge in [-0.1, -0.05) is 72.8 Å². The van der Waals surface area contributed by atoms with E-state index in [4.69, 9.17) is 0 Å². The Kier molecular flexibility index (Phi) is 4.24. The van der Waals surface area contributed by atoms with Crippen LogP contribution in [0.3, 0.4) is 0 Å². The van der Waals surface area contributed by atoms with Crippen molar-refractivity contribution in [2.24, 2.45) is 0 Å². The van der Waals surface area contributed by atoms with Gasteiger partial charge in [-0.05, 0) is 60.7 Å². The van der Waals surface area contributed by atoms with Crippen LogP contribution in [0.1, 0.15) is 1.43 Å². The lowest BCUT2D eigenvalue weighted by molar-refractivity contribution is 1.18. The van der Waals surface area contributed by atoms with Crippen LogP contribution >= 0.6 is 11.3 Å². The number of thiophene rings is 1. The third kappa shape index (κ3) is 2.91. The Bertz CT molecular complexity index is 2130. The molecule has 0 unspecified atom stereocenters. The summed E-state index contributed by atoms with van der Waals surface area (Å²) in [7, 11) is 0. The van der Waals surface area contributed by atoms with E-state index in [1.54, 1.807) is 0 Å². The molecule has 0 N–H and O–H groups in total. The molecule has 0 bridgehead atoms. The van der Waals surface area contributed by atoms with Gasteiger partial charge >= 0.3 is 0 Å². The molecule has 3 aromatic heterocycles. The van der Waals surface area contributed by atoms with Crippen molar-refractivity contribution in [2.45, 2.75) is 0 Å². The smallest absolute Gasteiger partial charge is 0.0541 e. The first-order valence-electron chi connectivity index (χ1n) is 13.3. The van der Waals surface area contributed by atoms with Gasteiger partial charge in [0.2, 0.25) is 0 Å². The first-order valence-corrected chi connectivity index (χ1v) is 14.1. The SMILES string of the molecule is [HH].c1ccc2c(c1)c1ccccc1n2-c1ccc2sc3ccc(-n4c5ccccc5c5ccccc54)cc3c2c1. The molecule has 0 fully saturated rings. The van der Waals surface area contributed by atoms with Crippen LogP contribution in [0, 0.1) is 0 Å². The number of nitrogens with zero attached hydrogens (tertiary/aromatic N) is 2. The Hall–Kier alpha value is -4.86. The lowest BCUT2D eigenvalue weighted by Gasteiger charge is -2.09. The predicted molar refractivity (Wildman–Crippen MR) is 170 cm³/mol. The van der Waals surface area contributed by atoms with Crippen LogP contribution < -0.4 is 0 Å². The van der Waals surface area contributed by atoms with Gasteiger partial charge in [0.05, 0.1) is 22.1 Å². The Labute approximate surface area is 230 Å². The van der Waals surface area contributed by atoms with E-state index in [9.17, 15) is 0 Å². The van der Waals surface area contributed by atoms with Gasteiger partial charge in [-0.3, -0.25) is 0 Å². The van der Waals surface area contributed by atoms with Crippen LogP contribution in [-0.2, 0) is 0 Å². The van der Waals surface area contributed by atoms with Crippen molar-refractivity contribution < 1.29 is 1.43 Å². The average Bonchev–Trinajstić information content (AvgIpc) is 3.64. The second-order valence-electron chi connectivity index (χ2n) is 10.2. The van der Waals surface area contributed by atoms with Crippen molar-refractivity contribution in [3.8, 4) is 11.4 Å². The molecular weight excluding hydrogens is 492 g/mol. The van der Waals surface area contributed by atoms with E-state index in [0.29, 0.717) is 0 Å². The van der Waals surface area contributed by atoms with Gasteiger partial charge < -0.3 is 9.13 Å². The molecule has 0 aliphatic heterocycles. The number of hydrogen-bond donors (Lipinski definition) is 0. The Balaban J connectivity index is 0.00000245. The Morgan fingerprint density at radius 1 is 0.359 bits per heavy atom. The normalized spacial score (nSPS) is 12.1. The summed E-state index contributed by atoms with van der Waals surface area (Å²) < 4.78 is 7.44. The van der Waals surface area contributed by atoms with Crippen LogP contribution in [0.25, 0.3) is 75.2 Å². The molecule has 3 heterocycles. The van der Waals surface area contributed by atoms with E-state index in [2.05, 4.69) is 143 Å². The maximum Gasteiger partial charge on any atom is 0.0541 e. The molecule has 39 heavy (non-hydrogen) atoms. The van der Waals surface area contributed by atoms with Crippen LogP contribution in [-0.4, -0.2) is 9.13 Å². The fourth-order valence-electron chi connectivity index (χ4n) is 6.43. The summed E-state index contributed by atoms with van der Waals surface area (Å²) in [6.07, 6.45) is 0. The van der Waals surface area contributed by atoms with Crippen molar-refractivity contribution in [3.63, 3.8) is 0 Å². The van der Waals surface area contributed by atoms with Gasteiger partial charge in [0.15, 0.2) is 0 Å². The van der Waals surface area contributed by atoms with Gasteiger partial charge in [-0.2, -0.15) is 0 Å². The minimum atomic E-state index is 0. The van der Waals surface area contributed by atoms with Gasteiger partial charge in [-0.15, -0.1) is 11.3 Å². The molecule has 9 rings (SSSR count). The van der Waals surface area contributed by atoms with Crippen LogP contribution in [0.4, 0.5) is 0 Å². The van der Waals surface area contributed by atoms with E-state index in [1.165, 1.54) is 75.2 Å². The highest BCUT2D eigenvalue weighted by molar-refractivity contribution is 7.25. The summed E-state index contributed by atoms with van der Waals surface area (Å²) in [5.41, 5.74) is 7.35. The molecule has 0 radical (unpaired) electrons. The monoisotopic (exact) mass is 516 g/mol. The lowest BCUT2D eigenvalue weighted by Crippen LogP contribution is -1.94. The molecule has 0 aliphatic rings. The van der Waals surface area contributed by atoms with Crippen molar-refractivity contribution in [1.29, 1.82) is 0 Å². The van der Waals surface area contributed by atoms with Gasteiger partial charge in [0.25, 0.3) is 0 Å². The van der Waals surface area contributed by atoms with Crippen LogP contribution in [0.5, 0.6) is 0 Å². The second-order valence-corrected chi connectivity index (χ2v) is 11.3. The summed E-state index contributed by atoms with van der Waals surface area (Å²) in [5.74, 6) is 0. The molecule has 0 spiro atoms. The molecule has 9 aromatic rings. The van der Waals surface area contributed by atoms with Crippen molar-refractivity contribution >= 4 is 75.1 Å². The zero-order valence-electron chi connectivity index (χ0n) is 21.0. The molecule has 0 amide bonds. The molecule has 3 heteroatoms. The van der Waals surface area contributed by atoms with Gasteiger partial charge in [-0.25, -0.2) is 0 Å². The average molecular weight is 517 g/mol. The van der Waals surface area contributed by atoms with Crippen molar-refractivity contribution in [2.75, 3.05) is 0 Å². The Morgan fingerprint density at radius 2 is 0.692 bits per heavy atom. The summed E-state index contributed by atoms with van der Waals surface area (Å²) >= 11 is 1.87. The highest BCUT2D eigenvalue weighted by atomic mass is 32.1. The van der Waals surface area contributed by atoms with Gasteiger partial charge in [0, 0.05) is 54.5 Å². The second kappa shape index (κ2) is 7.83. The summed E-state index contributed by atoms with van der Waals surface area (Å²) in [4.78, 5) is 0. The standard InChI is InChI=1S/C36H22N2S.H2/c1-5-13-31-25(9-1)26-10-2-6-14-32(26)37(31)23-17-19-35-29(21-23)30-22-24(18-20-36(30)39-35)38-33-15-7-3-11-27(33)28-12-4-8-16-34(28)38;/h1-22H;1H. The van der Waals surface area contributed by atoms with Crippen LogP contribution in [0.2, 0.25) is 0 Å². The van der Waals surface area contributed by atoms with Gasteiger partial charge in [0.1, 0.15) is 0 Å². The molecule has 2 nitrogen and oxygen atoms in total. The lowest BCUT2D eigenvalue weighted by atomic mass is 10.1. The van der Waals surface area contributed by atoms with E-state index in [-0.39, 0.29) is 1.43 Å². The van der Waals surface area contributed by atoms with E-state index in [0.717, 1.165) is 0 Å². The number of rotatable bonds is 2. The topological polar surface area (TPSA) is 9.86 Å². The fourth-order valence-corrected chi connectivity index (χ4v) is 7.50. The highest BCUT2D eigenvalue weighted by Gasteiger charge is 2.15. The molecule has 184 valence electrons. The molecule has 6 aromatic carbocycles. The number of para-hydroxylation sites is 4.